The fraction of sp³-hybridized carbons (Fsp3) is 0.500. The fourth-order valence-electron chi connectivity index (χ4n) is 0.0206. The molecule has 0 rings (SSSR count). The lowest BCUT2D eigenvalue weighted by atomic mass is 10.9. The van der Waals surface area contributed by atoms with Gasteiger partial charge in [-0.15, -0.1) is 0 Å². The predicted molar refractivity (Wildman–Crippen MR) is 30.8 cm³/mol. The molecule has 0 aromatic carbocycles. The maximum Gasteiger partial charge on any atom is 0.334 e. The third-order valence-corrected chi connectivity index (χ3v) is 0.990. The van der Waals surface area contributed by atoms with Crippen LogP contribution in [0.3, 0.4) is 0 Å². The Kier molecular flexibility index (Phi) is 3.97. The molecule has 0 saturated carbocycles. The number of carbonyl (C=O) groups excluding carboxylic acids is 1. The summed E-state index contributed by atoms with van der Waals surface area (Å²) in [6.45, 7) is 0. The SMILES string of the molecule is O=C(CI)OCl. The lowest BCUT2D eigenvalue weighted by Crippen LogP contribution is -1.94. The van der Waals surface area contributed by atoms with Crippen LogP contribution in [-0.2, 0) is 9.08 Å². The van der Waals surface area contributed by atoms with Crippen LogP contribution in [0.4, 0.5) is 0 Å². The van der Waals surface area contributed by atoms with E-state index in [0.717, 1.165) is 0 Å². The maximum absolute atomic E-state index is 9.82. The molecule has 0 aliphatic carbocycles. The Labute approximate surface area is 54.1 Å². The average Bonchev–Trinajstić information content (AvgIpc) is 1.65. The van der Waals surface area contributed by atoms with E-state index in [1.54, 1.807) is 0 Å². The molecular formula is C2H2ClIO2. The molecule has 0 saturated heterocycles. The Bertz CT molecular complexity index is 49.5. The van der Waals surface area contributed by atoms with Crippen LogP contribution in [0.1, 0.15) is 0 Å². The predicted octanol–water partition coefficient (Wildman–Crippen LogP) is 1.12. The van der Waals surface area contributed by atoms with E-state index in [4.69, 9.17) is 0 Å². The van der Waals surface area contributed by atoms with Gasteiger partial charge >= 0.3 is 5.97 Å². The highest BCUT2D eigenvalue weighted by Crippen LogP contribution is 1.86. The lowest BCUT2D eigenvalue weighted by molar-refractivity contribution is -0.130. The molecule has 2 nitrogen and oxygen atoms in total. The van der Waals surface area contributed by atoms with Crippen LogP contribution in [0.5, 0.6) is 0 Å². The molecule has 0 bridgehead atoms. The van der Waals surface area contributed by atoms with Crippen LogP contribution in [0.15, 0.2) is 0 Å². The number of halogens is 2. The van der Waals surface area contributed by atoms with E-state index in [-0.39, 0.29) is 0 Å². The number of hydrogen-bond acceptors (Lipinski definition) is 2. The second-order valence-electron chi connectivity index (χ2n) is 0.583. The van der Waals surface area contributed by atoms with Crippen molar-refractivity contribution in [3.8, 4) is 0 Å². The van der Waals surface area contributed by atoms with Crippen LogP contribution in [0.25, 0.3) is 0 Å². The second kappa shape index (κ2) is 3.67. The van der Waals surface area contributed by atoms with E-state index in [2.05, 4.69) is 16.2 Å². The summed E-state index contributed by atoms with van der Waals surface area (Å²) >= 11 is 6.45. The van der Waals surface area contributed by atoms with Gasteiger partial charge in [0.1, 0.15) is 11.9 Å². The molecule has 0 radical (unpaired) electrons. The van der Waals surface area contributed by atoms with Crippen LogP contribution >= 0.6 is 34.5 Å². The standard InChI is InChI=1S/C2H2ClIO2/c3-6-2(5)1-4/h1H2. The average molecular weight is 220 g/mol. The molecule has 0 atom stereocenters. The van der Waals surface area contributed by atoms with Crippen LogP contribution in [0.2, 0.25) is 0 Å². The summed E-state index contributed by atoms with van der Waals surface area (Å²) in [7, 11) is 0. The number of hydrogen-bond donors (Lipinski definition) is 0. The zero-order valence-corrected chi connectivity index (χ0v) is 5.69. The van der Waals surface area contributed by atoms with Gasteiger partial charge in [-0.1, -0.05) is 22.6 Å². The number of carbonyl (C=O) groups is 1. The largest absolute Gasteiger partial charge is 0.347 e. The van der Waals surface area contributed by atoms with Crippen molar-refractivity contribution in [1.82, 2.24) is 0 Å². The summed E-state index contributed by atoms with van der Waals surface area (Å²) in [4.78, 5) is 9.82. The minimum Gasteiger partial charge on any atom is -0.347 e. The van der Waals surface area contributed by atoms with Gasteiger partial charge in [0.15, 0.2) is 0 Å². The summed E-state index contributed by atoms with van der Waals surface area (Å²) in [6, 6.07) is 0. The Hall–Kier alpha value is 0.490. The van der Waals surface area contributed by atoms with Gasteiger partial charge in [-0.2, -0.15) is 0 Å². The molecule has 36 valence electrons. The molecule has 0 unspecified atom stereocenters. The Morgan fingerprint density at radius 2 is 2.50 bits per heavy atom. The summed E-state index contributed by atoms with van der Waals surface area (Å²) in [5.41, 5.74) is 0. The van der Waals surface area contributed by atoms with Crippen LogP contribution in [-0.4, -0.2) is 10.4 Å². The normalized spacial score (nSPS) is 7.67. The van der Waals surface area contributed by atoms with Crippen molar-refractivity contribution in [3.05, 3.63) is 0 Å². The molecular weight excluding hydrogens is 218 g/mol. The molecule has 0 heterocycles. The molecule has 0 aliphatic rings. The van der Waals surface area contributed by atoms with E-state index in [1.165, 1.54) is 0 Å². The zero-order chi connectivity index (χ0) is 4.99. The topological polar surface area (TPSA) is 26.3 Å². The Balaban J connectivity index is 2.99. The first-order chi connectivity index (χ1) is 2.81. The first-order valence-electron chi connectivity index (χ1n) is 1.18. The van der Waals surface area contributed by atoms with Crippen LogP contribution in [0, 0.1) is 0 Å². The quantitative estimate of drug-likeness (QED) is 0.489. The molecule has 0 amide bonds. The van der Waals surface area contributed by atoms with Crippen molar-refractivity contribution in [1.29, 1.82) is 0 Å². The highest BCUT2D eigenvalue weighted by Gasteiger charge is 1.92. The van der Waals surface area contributed by atoms with E-state index in [0.29, 0.717) is 4.43 Å². The molecule has 0 aromatic heterocycles. The maximum atomic E-state index is 9.82. The number of alkyl halides is 1. The smallest absolute Gasteiger partial charge is 0.334 e. The van der Waals surface area contributed by atoms with Crippen molar-refractivity contribution >= 4 is 40.4 Å². The zero-order valence-electron chi connectivity index (χ0n) is 2.78. The van der Waals surface area contributed by atoms with Gasteiger partial charge in [0.05, 0.1) is 4.43 Å². The Morgan fingerprint density at radius 3 is 2.50 bits per heavy atom. The number of rotatable bonds is 1. The summed E-state index contributed by atoms with van der Waals surface area (Å²) in [6.07, 6.45) is 0. The fourth-order valence-corrected chi connectivity index (χ4v) is 0.415. The first-order valence-corrected chi connectivity index (χ1v) is 3.02. The van der Waals surface area contributed by atoms with Crippen molar-refractivity contribution in [2.24, 2.45) is 0 Å². The van der Waals surface area contributed by atoms with Gasteiger partial charge in [0.2, 0.25) is 0 Å². The summed E-state index contributed by atoms with van der Waals surface area (Å²) < 4.78 is 4.03. The van der Waals surface area contributed by atoms with Crippen molar-refractivity contribution in [2.45, 2.75) is 0 Å². The summed E-state index contributed by atoms with van der Waals surface area (Å²) in [5.74, 6) is -0.405. The van der Waals surface area contributed by atoms with Gasteiger partial charge in [-0.3, -0.25) is 0 Å². The summed E-state index contributed by atoms with van der Waals surface area (Å²) in [5, 5.41) is 0. The van der Waals surface area contributed by atoms with E-state index < -0.39 is 5.97 Å². The van der Waals surface area contributed by atoms with Crippen molar-refractivity contribution in [3.63, 3.8) is 0 Å². The Morgan fingerprint density at radius 1 is 2.00 bits per heavy atom. The third-order valence-electron chi connectivity index (χ3n) is 0.195. The molecule has 0 N–H and O–H groups in total. The van der Waals surface area contributed by atoms with Crippen LogP contribution < -0.4 is 0 Å². The first kappa shape index (κ1) is 6.49. The van der Waals surface area contributed by atoms with Gasteiger partial charge in [-0.25, -0.2) is 4.79 Å². The molecule has 0 aromatic rings. The van der Waals surface area contributed by atoms with Gasteiger partial charge in [-0.05, 0) is 0 Å². The molecule has 6 heavy (non-hydrogen) atoms. The van der Waals surface area contributed by atoms with Gasteiger partial charge in [0, 0.05) is 0 Å². The van der Waals surface area contributed by atoms with Crippen molar-refractivity contribution in [2.75, 3.05) is 4.43 Å². The lowest BCUT2D eigenvalue weighted by Gasteiger charge is -1.80. The third kappa shape index (κ3) is 2.71. The molecule has 0 aliphatic heterocycles. The van der Waals surface area contributed by atoms with Crippen molar-refractivity contribution < 1.29 is 9.08 Å². The second-order valence-corrected chi connectivity index (χ2v) is 1.50. The van der Waals surface area contributed by atoms with E-state index >= 15 is 0 Å². The molecule has 4 heteroatoms. The highest BCUT2D eigenvalue weighted by atomic mass is 127. The molecule has 0 fully saturated rings. The minimum atomic E-state index is -0.405. The van der Waals surface area contributed by atoms with Gasteiger partial charge in [0.25, 0.3) is 0 Å². The highest BCUT2D eigenvalue weighted by molar-refractivity contribution is 14.1. The monoisotopic (exact) mass is 220 g/mol. The van der Waals surface area contributed by atoms with E-state index in [1.807, 2.05) is 22.6 Å². The van der Waals surface area contributed by atoms with E-state index in [9.17, 15) is 4.79 Å². The van der Waals surface area contributed by atoms with Gasteiger partial charge < -0.3 is 4.29 Å². The molecule has 0 spiro atoms. The minimum absolute atomic E-state index is 0.307.